The average molecular weight is 391 g/mol. The zero-order chi connectivity index (χ0) is 16.3. The Morgan fingerprint density at radius 1 is 1.12 bits per heavy atom. The SMILES string of the molecule is Cl.Cl.NCCCCCCC(=O)NC1CCN(Cc2ccncc2)CC1. The van der Waals surface area contributed by atoms with Crippen LogP contribution < -0.4 is 11.1 Å². The van der Waals surface area contributed by atoms with Crippen molar-refractivity contribution in [3.8, 4) is 0 Å². The van der Waals surface area contributed by atoms with E-state index in [1.807, 2.05) is 12.4 Å². The molecule has 2 rings (SSSR count). The molecule has 1 aliphatic heterocycles. The van der Waals surface area contributed by atoms with Crippen molar-refractivity contribution in [1.82, 2.24) is 15.2 Å². The molecule has 1 amide bonds. The molecule has 0 aliphatic carbocycles. The summed E-state index contributed by atoms with van der Waals surface area (Å²) in [6.45, 7) is 3.82. The second kappa shape index (κ2) is 14.3. The van der Waals surface area contributed by atoms with E-state index in [1.54, 1.807) is 0 Å². The molecule has 5 nitrogen and oxygen atoms in total. The lowest BCUT2D eigenvalue weighted by Gasteiger charge is -2.32. The number of halogens is 2. The number of hydrogen-bond acceptors (Lipinski definition) is 4. The van der Waals surface area contributed by atoms with E-state index in [1.165, 1.54) is 5.56 Å². The number of carbonyl (C=O) groups excluding carboxylic acids is 1. The van der Waals surface area contributed by atoms with Gasteiger partial charge in [-0.25, -0.2) is 0 Å². The molecule has 2 heterocycles. The standard InChI is InChI=1S/C18H30N4O.2ClH/c19-10-4-2-1-3-5-18(23)21-17-8-13-22(14-9-17)15-16-6-11-20-12-7-16;;/h6-7,11-12,17H,1-5,8-10,13-15,19H2,(H,21,23);2*1H. The van der Waals surface area contributed by atoms with E-state index in [2.05, 4.69) is 27.3 Å². The molecule has 0 aromatic carbocycles. The molecule has 0 unspecified atom stereocenters. The number of nitrogens with zero attached hydrogens (tertiary/aromatic N) is 2. The van der Waals surface area contributed by atoms with Crippen molar-refractivity contribution in [3.63, 3.8) is 0 Å². The maximum Gasteiger partial charge on any atom is 0.220 e. The van der Waals surface area contributed by atoms with Crippen LogP contribution in [0.15, 0.2) is 24.5 Å². The smallest absolute Gasteiger partial charge is 0.220 e. The van der Waals surface area contributed by atoms with Crippen molar-refractivity contribution < 1.29 is 4.79 Å². The molecule has 0 saturated carbocycles. The van der Waals surface area contributed by atoms with Crippen LogP contribution in [0.25, 0.3) is 0 Å². The number of unbranched alkanes of at least 4 members (excludes halogenated alkanes) is 3. The summed E-state index contributed by atoms with van der Waals surface area (Å²) in [4.78, 5) is 18.5. The Labute approximate surface area is 164 Å². The highest BCUT2D eigenvalue weighted by Crippen LogP contribution is 2.14. The molecule has 7 heteroatoms. The van der Waals surface area contributed by atoms with Gasteiger partial charge in [0.25, 0.3) is 0 Å². The first-order chi connectivity index (χ1) is 11.3. The number of nitrogens with one attached hydrogen (secondary N) is 1. The molecule has 1 aromatic heterocycles. The van der Waals surface area contributed by atoms with Crippen molar-refractivity contribution in [2.24, 2.45) is 5.73 Å². The summed E-state index contributed by atoms with van der Waals surface area (Å²) in [5.41, 5.74) is 6.77. The Morgan fingerprint density at radius 3 is 2.40 bits per heavy atom. The number of amides is 1. The van der Waals surface area contributed by atoms with E-state index in [0.29, 0.717) is 12.5 Å². The van der Waals surface area contributed by atoms with Crippen LogP contribution in [0.3, 0.4) is 0 Å². The lowest BCUT2D eigenvalue weighted by atomic mass is 10.0. The van der Waals surface area contributed by atoms with Crippen LogP contribution >= 0.6 is 24.8 Å². The van der Waals surface area contributed by atoms with Gasteiger partial charge in [-0.1, -0.05) is 12.8 Å². The van der Waals surface area contributed by atoms with Gasteiger partial charge in [0.15, 0.2) is 0 Å². The van der Waals surface area contributed by atoms with E-state index in [9.17, 15) is 4.79 Å². The summed E-state index contributed by atoms with van der Waals surface area (Å²) in [7, 11) is 0. The zero-order valence-electron chi connectivity index (χ0n) is 14.9. The molecule has 1 aromatic rings. The summed E-state index contributed by atoms with van der Waals surface area (Å²) in [6, 6.07) is 4.48. The van der Waals surface area contributed by atoms with Crippen LogP contribution in [0.4, 0.5) is 0 Å². The fraction of sp³-hybridized carbons (Fsp3) is 0.667. The Hall–Kier alpha value is -0.880. The van der Waals surface area contributed by atoms with Crippen LogP contribution in [-0.2, 0) is 11.3 Å². The fourth-order valence-corrected chi connectivity index (χ4v) is 3.07. The van der Waals surface area contributed by atoms with Gasteiger partial charge >= 0.3 is 0 Å². The zero-order valence-corrected chi connectivity index (χ0v) is 16.5. The molecular weight excluding hydrogens is 359 g/mol. The topological polar surface area (TPSA) is 71.2 Å². The van der Waals surface area contributed by atoms with Crippen LogP contribution in [0.1, 0.15) is 50.5 Å². The van der Waals surface area contributed by atoms with E-state index in [-0.39, 0.29) is 30.7 Å². The quantitative estimate of drug-likeness (QED) is 0.635. The maximum atomic E-state index is 12.0. The molecule has 1 fully saturated rings. The molecule has 0 bridgehead atoms. The van der Waals surface area contributed by atoms with E-state index < -0.39 is 0 Å². The number of aromatic nitrogens is 1. The number of pyridine rings is 1. The minimum atomic E-state index is 0. The Bertz CT molecular complexity index is 454. The third-order valence-corrected chi connectivity index (χ3v) is 4.47. The molecule has 144 valence electrons. The lowest BCUT2D eigenvalue weighted by Crippen LogP contribution is -2.44. The molecule has 1 aliphatic rings. The van der Waals surface area contributed by atoms with Gasteiger partial charge in [-0.05, 0) is 49.9 Å². The first-order valence-corrected chi connectivity index (χ1v) is 8.88. The van der Waals surface area contributed by atoms with Crippen molar-refractivity contribution in [2.75, 3.05) is 19.6 Å². The van der Waals surface area contributed by atoms with Gasteiger partial charge in [0.05, 0.1) is 0 Å². The van der Waals surface area contributed by atoms with E-state index >= 15 is 0 Å². The third-order valence-electron chi connectivity index (χ3n) is 4.47. The number of piperidine rings is 1. The molecule has 25 heavy (non-hydrogen) atoms. The monoisotopic (exact) mass is 390 g/mol. The number of carbonyl (C=O) groups is 1. The van der Waals surface area contributed by atoms with Gasteiger partial charge in [0.1, 0.15) is 0 Å². The van der Waals surface area contributed by atoms with Crippen molar-refractivity contribution >= 4 is 30.7 Å². The highest BCUT2D eigenvalue weighted by molar-refractivity contribution is 5.85. The number of likely N-dealkylation sites (tertiary alicyclic amines) is 1. The molecule has 0 spiro atoms. The number of nitrogens with two attached hydrogens (primary N) is 1. The summed E-state index contributed by atoms with van der Waals surface area (Å²) in [6.07, 6.45) is 10.7. The summed E-state index contributed by atoms with van der Waals surface area (Å²) >= 11 is 0. The Balaban J connectivity index is 0.00000288. The second-order valence-electron chi connectivity index (χ2n) is 6.43. The lowest BCUT2D eigenvalue weighted by molar-refractivity contribution is -0.122. The maximum absolute atomic E-state index is 12.0. The van der Waals surface area contributed by atoms with Gasteiger partial charge in [-0.3, -0.25) is 14.7 Å². The van der Waals surface area contributed by atoms with Gasteiger partial charge in [-0.2, -0.15) is 0 Å². The van der Waals surface area contributed by atoms with Gasteiger partial charge in [-0.15, -0.1) is 24.8 Å². The van der Waals surface area contributed by atoms with Gasteiger partial charge < -0.3 is 11.1 Å². The van der Waals surface area contributed by atoms with Gasteiger partial charge in [0.2, 0.25) is 5.91 Å². The summed E-state index contributed by atoms with van der Waals surface area (Å²) in [5, 5.41) is 3.19. The van der Waals surface area contributed by atoms with Crippen LogP contribution in [-0.4, -0.2) is 41.5 Å². The summed E-state index contributed by atoms with van der Waals surface area (Å²) < 4.78 is 0. The number of rotatable bonds is 9. The molecule has 0 atom stereocenters. The first kappa shape index (κ1) is 24.1. The Morgan fingerprint density at radius 2 is 1.76 bits per heavy atom. The fourth-order valence-electron chi connectivity index (χ4n) is 3.07. The van der Waals surface area contributed by atoms with Crippen LogP contribution in [0, 0.1) is 0 Å². The normalized spacial score (nSPS) is 15.1. The second-order valence-corrected chi connectivity index (χ2v) is 6.43. The van der Waals surface area contributed by atoms with Gasteiger partial charge in [0, 0.05) is 44.5 Å². The molecule has 1 saturated heterocycles. The van der Waals surface area contributed by atoms with E-state index in [4.69, 9.17) is 5.73 Å². The highest BCUT2D eigenvalue weighted by Gasteiger charge is 2.20. The van der Waals surface area contributed by atoms with Crippen molar-refractivity contribution in [3.05, 3.63) is 30.1 Å². The minimum Gasteiger partial charge on any atom is -0.353 e. The average Bonchev–Trinajstić information content (AvgIpc) is 2.57. The van der Waals surface area contributed by atoms with Crippen LogP contribution in [0.2, 0.25) is 0 Å². The van der Waals surface area contributed by atoms with E-state index in [0.717, 1.165) is 64.7 Å². The molecule has 0 radical (unpaired) electrons. The predicted molar refractivity (Wildman–Crippen MR) is 107 cm³/mol. The minimum absolute atomic E-state index is 0. The first-order valence-electron chi connectivity index (χ1n) is 8.88. The van der Waals surface area contributed by atoms with Crippen molar-refractivity contribution in [2.45, 2.75) is 57.5 Å². The van der Waals surface area contributed by atoms with Crippen molar-refractivity contribution in [1.29, 1.82) is 0 Å². The summed E-state index contributed by atoms with van der Waals surface area (Å²) in [5.74, 6) is 0.213. The number of hydrogen-bond donors (Lipinski definition) is 2. The molecular formula is C18H32Cl2N4O. The Kier molecular flexibility index (Phi) is 13.8. The highest BCUT2D eigenvalue weighted by atomic mass is 35.5. The van der Waals surface area contributed by atoms with Crippen LogP contribution in [0.5, 0.6) is 0 Å². The largest absolute Gasteiger partial charge is 0.353 e. The molecule has 3 N–H and O–H groups in total. The predicted octanol–water partition coefficient (Wildman–Crippen LogP) is 2.92. The third kappa shape index (κ3) is 10.00.